The van der Waals surface area contributed by atoms with E-state index in [1.807, 2.05) is 0 Å². The molecule has 0 saturated heterocycles. The third kappa shape index (κ3) is 3.75. The van der Waals surface area contributed by atoms with Crippen molar-refractivity contribution in [3.05, 3.63) is 0 Å². The summed E-state index contributed by atoms with van der Waals surface area (Å²) in [6.45, 7) is -0.675. The van der Waals surface area contributed by atoms with Gasteiger partial charge in [0.05, 0.1) is 0 Å². The van der Waals surface area contributed by atoms with E-state index in [0.717, 1.165) is 0 Å². The van der Waals surface area contributed by atoms with Gasteiger partial charge in [-0.15, -0.1) is 0 Å². The molecule has 3 atom stereocenters. The molecule has 0 spiro atoms. The van der Waals surface area contributed by atoms with Crippen molar-refractivity contribution in [1.29, 1.82) is 0 Å². The molecule has 4 N–H and O–H groups in total. The molecule has 6 heteroatoms. The van der Waals surface area contributed by atoms with E-state index in [2.05, 4.69) is 0 Å². The molecule has 0 unspecified atom stereocenters. The van der Waals surface area contributed by atoms with Crippen LogP contribution in [0.3, 0.4) is 0 Å². The van der Waals surface area contributed by atoms with Gasteiger partial charge in [-0.1, -0.05) is 0 Å². The Morgan fingerprint density at radius 3 is 2.08 bits per heavy atom. The molecular formula is C7H15AsO5. The Labute approximate surface area is 81.3 Å². The molecule has 0 rings (SSSR count). The fraction of sp³-hybridized carbons (Fsp3) is 0.857. The van der Waals surface area contributed by atoms with Crippen LogP contribution in [0.5, 0.6) is 0 Å². The molecule has 0 saturated carbocycles. The van der Waals surface area contributed by atoms with Crippen molar-refractivity contribution in [2.24, 2.45) is 0 Å². The standard InChI is InChI=1S/C7H15AsO5/c1-8(2)7(13)6(12)5(11)4(10)3-9/h4-6,9-12H,3H2,1-2H3/t4-,5-,6-/m1/s1. The number of hydrogen-bond acceptors (Lipinski definition) is 5. The molecule has 0 aliphatic rings. The van der Waals surface area contributed by atoms with Gasteiger partial charge in [0.25, 0.3) is 0 Å². The van der Waals surface area contributed by atoms with Crippen LogP contribution < -0.4 is 0 Å². The molecule has 78 valence electrons. The predicted molar refractivity (Wildman–Crippen MR) is 47.6 cm³/mol. The third-order valence-corrected chi connectivity index (χ3v) is 4.00. The van der Waals surface area contributed by atoms with E-state index in [-0.39, 0.29) is 0 Å². The van der Waals surface area contributed by atoms with Gasteiger partial charge >= 0.3 is 80.8 Å². The molecule has 5 nitrogen and oxygen atoms in total. The topological polar surface area (TPSA) is 98.0 Å². The monoisotopic (exact) mass is 254 g/mol. The molecule has 13 heavy (non-hydrogen) atoms. The molecular weight excluding hydrogens is 239 g/mol. The minimum atomic E-state index is -1.74. The SMILES string of the molecule is C[As](C)C(=O)[C@H](O)[C@H](O)[C@H](O)CO. The van der Waals surface area contributed by atoms with Gasteiger partial charge in [-0.25, -0.2) is 0 Å². The van der Waals surface area contributed by atoms with E-state index in [9.17, 15) is 9.90 Å². The average Bonchev–Trinajstić information content (AvgIpc) is 2.12. The molecule has 0 aliphatic carbocycles. The number of aliphatic hydroxyl groups is 4. The summed E-state index contributed by atoms with van der Waals surface area (Å²) in [6, 6.07) is 0. The second-order valence-electron chi connectivity index (χ2n) is 2.92. The number of hydrogen-bond donors (Lipinski definition) is 4. The van der Waals surface area contributed by atoms with Crippen LogP contribution in [-0.2, 0) is 4.79 Å². The Bertz CT molecular complexity index is 172. The second-order valence-corrected chi connectivity index (χ2v) is 7.60. The van der Waals surface area contributed by atoms with Crippen molar-refractivity contribution in [3.63, 3.8) is 0 Å². The Hall–Kier alpha value is 0.0684. The van der Waals surface area contributed by atoms with Crippen LogP contribution in [0.2, 0.25) is 11.4 Å². The van der Waals surface area contributed by atoms with E-state index < -0.39 is 44.1 Å². The van der Waals surface area contributed by atoms with Crippen LogP contribution in [0.1, 0.15) is 0 Å². The van der Waals surface area contributed by atoms with Gasteiger partial charge in [0.15, 0.2) is 0 Å². The first kappa shape index (κ1) is 13.1. The molecule has 0 bridgehead atoms. The Kier molecular flexibility index (Phi) is 5.76. The fourth-order valence-electron chi connectivity index (χ4n) is 0.729. The van der Waals surface area contributed by atoms with Crippen LogP contribution in [-0.4, -0.2) is 64.6 Å². The summed E-state index contributed by atoms with van der Waals surface area (Å²) in [5, 5.41) is 35.8. The number of carbonyl (C=O) groups excluding carboxylic acids is 1. The van der Waals surface area contributed by atoms with Crippen LogP contribution in [0.25, 0.3) is 0 Å². The Morgan fingerprint density at radius 2 is 1.77 bits per heavy atom. The Morgan fingerprint density at radius 1 is 1.31 bits per heavy atom. The first-order valence-electron chi connectivity index (χ1n) is 3.78. The van der Waals surface area contributed by atoms with Crippen LogP contribution in [0.4, 0.5) is 0 Å². The fourth-order valence-corrected chi connectivity index (χ4v) is 2.16. The van der Waals surface area contributed by atoms with Gasteiger partial charge in [-0.2, -0.15) is 0 Å². The van der Waals surface area contributed by atoms with Crippen LogP contribution in [0.15, 0.2) is 0 Å². The summed E-state index contributed by atoms with van der Waals surface area (Å²) < 4.78 is -0.410. The van der Waals surface area contributed by atoms with E-state index >= 15 is 0 Å². The quantitative estimate of drug-likeness (QED) is 0.422. The summed E-state index contributed by atoms with van der Waals surface area (Å²) in [6.07, 6.45) is -4.63. The van der Waals surface area contributed by atoms with Crippen LogP contribution in [0, 0.1) is 0 Å². The Balaban J connectivity index is 4.24. The van der Waals surface area contributed by atoms with Gasteiger partial charge in [0.2, 0.25) is 0 Å². The molecule has 0 radical (unpaired) electrons. The molecule has 0 aromatic carbocycles. The molecule has 0 fully saturated rings. The molecule has 0 amide bonds. The summed E-state index contributed by atoms with van der Waals surface area (Å²) in [4.78, 5) is 11.2. The van der Waals surface area contributed by atoms with Crippen molar-refractivity contribution in [2.45, 2.75) is 29.7 Å². The second kappa shape index (κ2) is 5.73. The van der Waals surface area contributed by atoms with E-state index in [4.69, 9.17) is 15.3 Å². The zero-order chi connectivity index (χ0) is 10.6. The van der Waals surface area contributed by atoms with Gasteiger partial charge in [0.1, 0.15) is 0 Å². The zero-order valence-electron chi connectivity index (χ0n) is 7.58. The summed E-state index contributed by atoms with van der Waals surface area (Å²) >= 11 is -1.74. The number of aliphatic hydroxyl groups excluding tert-OH is 4. The summed E-state index contributed by atoms with van der Waals surface area (Å²) in [7, 11) is 0. The first-order chi connectivity index (χ1) is 5.91. The number of rotatable bonds is 5. The van der Waals surface area contributed by atoms with Crippen molar-refractivity contribution in [3.8, 4) is 0 Å². The molecule has 0 aromatic rings. The van der Waals surface area contributed by atoms with Crippen LogP contribution >= 0.6 is 0 Å². The van der Waals surface area contributed by atoms with Gasteiger partial charge < -0.3 is 0 Å². The molecule has 0 heterocycles. The predicted octanol–water partition coefficient (Wildman–Crippen LogP) is -2.08. The summed E-state index contributed by atoms with van der Waals surface area (Å²) in [5.74, 6) is 0. The van der Waals surface area contributed by atoms with Crippen molar-refractivity contribution in [1.82, 2.24) is 0 Å². The number of carbonyl (C=O) groups is 1. The zero-order valence-corrected chi connectivity index (χ0v) is 9.46. The van der Waals surface area contributed by atoms with Crippen molar-refractivity contribution < 1.29 is 25.2 Å². The van der Waals surface area contributed by atoms with Gasteiger partial charge in [0, 0.05) is 0 Å². The third-order valence-electron chi connectivity index (χ3n) is 1.60. The maximum atomic E-state index is 11.2. The first-order valence-corrected chi connectivity index (χ1v) is 8.47. The normalized spacial score (nSPS) is 18.4. The molecule has 0 aliphatic heterocycles. The van der Waals surface area contributed by atoms with Crippen molar-refractivity contribution in [2.75, 3.05) is 6.61 Å². The van der Waals surface area contributed by atoms with E-state index in [0.29, 0.717) is 0 Å². The maximum absolute atomic E-state index is 11.2. The van der Waals surface area contributed by atoms with Crippen molar-refractivity contribution >= 4 is 19.2 Å². The van der Waals surface area contributed by atoms with E-state index in [1.165, 1.54) is 0 Å². The summed E-state index contributed by atoms with van der Waals surface area (Å²) in [5.41, 5.74) is 3.44. The molecule has 0 aromatic heterocycles. The van der Waals surface area contributed by atoms with Gasteiger partial charge in [-0.05, 0) is 0 Å². The van der Waals surface area contributed by atoms with E-state index in [1.54, 1.807) is 11.4 Å². The van der Waals surface area contributed by atoms with Gasteiger partial charge in [-0.3, -0.25) is 0 Å². The average molecular weight is 254 g/mol. The minimum absolute atomic E-state index is 0.410.